The summed E-state index contributed by atoms with van der Waals surface area (Å²) in [5, 5.41) is 5.88. The Morgan fingerprint density at radius 2 is 1.61 bits per heavy atom. The maximum atomic E-state index is 13.2. The average molecular weight is 505 g/mol. The first kappa shape index (κ1) is 28.5. The van der Waals surface area contributed by atoms with Gasteiger partial charge in [0.2, 0.25) is 11.8 Å². The van der Waals surface area contributed by atoms with E-state index in [-0.39, 0.29) is 42.1 Å². The van der Waals surface area contributed by atoms with Crippen LogP contribution in [0, 0.1) is 11.8 Å². The highest BCUT2D eigenvalue weighted by Crippen LogP contribution is 2.27. The van der Waals surface area contributed by atoms with E-state index in [9.17, 15) is 19.2 Å². The number of hydrogen-bond donors (Lipinski definition) is 2. The molecule has 8 nitrogen and oxygen atoms in total. The summed E-state index contributed by atoms with van der Waals surface area (Å²) in [7, 11) is 0. The van der Waals surface area contributed by atoms with Gasteiger partial charge in [-0.25, -0.2) is 4.79 Å². The van der Waals surface area contributed by atoms with Gasteiger partial charge in [-0.05, 0) is 63.7 Å². The molecule has 3 unspecified atom stereocenters. The van der Waals surface area contributed by atoms with Crippen LogP contribution in [0.25, 0.3) is 0 Å². The van der Waals surface area contributed by atoms with Crippen LogP contribution < -0.4 is 10.6 Å². The number of rotatable bonds is 8. The number of carbonyl (C=O) groups excluding carboxylic acids is 4. The van der Waals surface area contributed by atoms with Crippen molar-refractivity contribution in [1.82, 2.24) is 20.4 Å². The number of nitrogens with zero attached hydrogens (tertiary/aromatic N) is 2. The van der Waals surface area contributed by atoms with Crippen LogP contribution >= 0.6 is 0 Å². The standard InChI is InChI=1S/C28H48N4O4/c1-20(2)18-24(29-26(34)15-13-22-10-6-4-7-11-22)27(35)30-23-14-12-21(3)32(19-25(23)33)28(36)31-16-8-5-9-17-31/h20-24H,4-19H2,1-3H3,(H,29,34)(H,30,35). The lowest BCUT2D eigenvalue weighted by atomic mass is 9.86. The number of urea groups is 1. The van der Waals surface area contributed by atoms with Crippen LogP contribution in [0.2, 0.25) is 0 Å². The number of hydrogen-bond acceptors (Lipinski definition) is 4. The van der Waals surface area contributed by atoms with Crippen molar-refractivity contribution in [2.24, 2.45) is 11.8 Å². The highest BCUT2D eigenvalue weighted by molar-refractivity contribution is 5.95. The topological polar surface area (TPSA) is 98.8 Å². The molecule has 2 aliphatic heterocycles. The molecular formula is C28H48N4O4. The van der Waals surface area contributed by atoms with E-state index in [1.807, 2.05) is 25.7 Å². The quantitative estimate of drug-likeness (QED) is 0.521. The number of Topliss-reactive ketones (excluding diaryl/α,β-unsaturated/α-hetero) is 1. The van der Waals surface area contributed by atoms with Crippen molar-refractivity contribution in [3.63, 3.8) is 0 Å². The summed E-state index contributed by atoms with van der Waals surface area (Å²) in [6.45, 7) is 7.53. The lowest BCUT2D eigenvalue weighted by molar-refractivity contribution is -0.132. The number of ketones is 1. The van der Waals surface area contributed by atoms with Gasteiger partial charge in [-0.1, -0.05) is 46.0 Å². The van der Waals surface area contributed by atoms with E-state index in [4.69, 9.17) is 0 Å². The summed E-state index contributed by atoms with van der Waals surface area (Å²) in [6, 6.07) is -1.40. The van der Waals surface area contributed by atoms with Crippen LogP contribution in [-0.2, 0) is 14.4 Å². The van der Waals surface area contributed by atoms with Crippen LogP contribution in [0.1, 0.15) is 104 Å². The minimum atomic E-state index is -0.650. The third-order valence-electron chi connectivity index (χ3n) is 8.17. The van der Waals surface area contributed by atoms with Crippen molar-refractivity contribution in [3.8, 4) is 0 Å². The molecule has 8 heteroatoms. The molecule has 0 aromatic heterocycles. The molecule has 1 aliphatic carbocycles. The Kier molecular flexibility index (Phi) is 11.1. The fraction of sp³-hybridized carbons (Fsp3) is 0.857. The summed E-state index contributed by atoms with van der Waals surface area (Å²) in [4.78, 5) is 55.7. The van der Waals surface area contributed by atoms with Gasteiger partial charge >= 0.3 is 6.03 Å². The SMILES string of the molecule is CC(C)CC(NC(=O)CCC1CCCCC1)C(=O)NC1CCC(C)N(C(=O)N2CCCCC2)CC1=O. The first-order chi connectivity index (χ1) is 17.2. The van der Waals surface area contributed by atoms with Crippen molar-refractivity contribution in [2.45, 2.75) is 122 Å². The molecule has 3 fully saturated rings. The van der Waals surface area contributed by atoms with Crippen LogP contribution in [-0.4, -0.2) is 71.2 Å². The molecule has 2 saturated heterocycles. The van der Waals surface area contributed by atoms with Gasteiger partial charge in [-0.3, -0.25) is 14.4 Å². The van der Waals surface area contributed by atoms with Crippen molar-refractivity contribution < 1.29 is 19.2 Å². The molecule has 36 heavy (non-hydrogen) atoms. The van der Waals surface area contributed by atoms with E-state index in [2.05, 4.69) is 10.6 Å². The highest BCUT2D eigenvalue weighted by atomic mass is 16.2. The fourth-order valence-corrected chi connectivity index (χ4v) is 5.89. The van der Waals surface area contributed by atoms with Gasteiger partial charge in [0.1, 0.15) is 6.04 Å². The zero-order chi connectivity index (χ0) is 26.1. The van der Waals surface area contributed by atoms with Crippen LogP contribution in [0.4, 0.5) is 4.79 Å². The molecule has 2 heterocycles. The number of nitrogens with one attached hydrogen (secondary N) is 2. The number of amides is 4. The summed E-state index contributed by atoms with van der Waals surface area (Å²) < 4.78 is 0. The molecule has 0 bridgehead atoms. The van der Waals surface area contributed by atoms with Gasteiger partial charge < -0.3 is 20.4 Å². The van der Waals surface area contributed by atoms with Gasteiger partial charge in [0, 0.05) is 25.6 Å². The molecule has 0 radical (unpaired) electrons. The van der Waals surface area contributed by atoms with Gasteiger partial charge in [0.25, 0.3) is 0 Å². The van der Waals surface area contributed by atoms with E-state index < -0.39 is 12.1 Å². The van der Waals surface area contributed by atoms with E-state index in [0.29, 0.717) is 31.6 Å². The Balaban J connectivity index is 1.55. The molecule has 1 saturated carbocycles. The lowest BCUT2D eigenvalue weighted by Crippen LogP contribution is -2.53. The van der Waals surface area contributed by atoms with Gasteiger partial charge in [-0.15, -0.1) is 0 Å². The first-order valence-electron chi connectivity index (χ1n) is 14.4. The molecule has 3 rings (SSSR count). The summed E-state index contributed by atoms with van der Waals surface area (Å²) in [6.07, 6.45) is 12.3. The number of piperidine rings is 1. The largest absolute Gasteiger partial charge is 0.344 e. The smallest absolute Gasteiger partial charge is 0.320 e. The second-order valence-electron chi connectivity index (χ2n) is 11.7. The molecule has 3 aliphatic rings. The van der Waals surface area contributed by atoms with Crippen molar-refractivity contribution in [1.29, 1.82) is 0 Å². The third kappa shape index (κ3) is 8.48. The molecule has 204 valence electrons. The predicted molar refractivity (Wildman–Crippen MR) is 140 cm³/mol. The number of carbonyl (C=O) groups is 4. The molecular weight excluding hydrogens is 456 g/mol. The Bertz CT molecular complexity index is 759. The van der Waals surface area contributed by atoms with Crippen LogP contribution in [0.15, 0.2) is 0 Å². The van der Waals surface area contributed by atoms with E-state index >= 15 is 0 Å². The van der Waals surface area contributed by atoms with E-state index in [1.165, 1.54) is 32.1 Å². The zero-order valence-corrected chi connectivity index (χ0v) is 22.7. The normalized spacial score (nSPS) is 24.8. The lowest BCUT2D eigenvalue weighted by Gasteiger charge is -2.35. The summed E-state index contributed by atoms with van der Waals surface area (Å²) in [5.74, 6) is 0.326. The maximum Gasteiger partial charge on any atom is 0.320 e. The summed E-state index contributed by atoms with van der Waals surface area (Å²) in [5.41, 5.74) is 0. The van der Waals surface area contributed by atoms with Crippen LogP contribution in [0.3, 0.4) is 0 Å². The second kappa shape index (κ2) is 14.0. The fourth-order valence-electron chi connectivity index (χ4n) is 5.89. The minimum Gasteiger partial charge on any atom is -0.344 e. The van der Waals surface area contributed by atoms with Gasteiger partial charge in [-0.2, -0.15) is 0 Å². The monoisotopic (exact) mass is 504 g/mol. The highest BCUT2D eigenvalue weighted by Gasteiger charge is 2.35. The molecule has 4 amide bonds. The third-order valence-corrected chi connectivity index (χ3v) is 8.17. The van der Waals surface area contributed by atoms with E-state index in [1.54, 1.807) is 4.90 Å². The molecule has 0 spiro atoms. The first-order valence-corrected chi connectivity index (χ1v) is 14.4. The van der Waals surface area contributed by atoms with Crippen molar-refractivity contribution in [2.75, 3.05) is 19.6 Å². The zero-order valence-electron chi connectivity index (χ0n) is 22.7. The van der Waals surface area contributed by atoms with Crippen LogP contribution in [0.5, 0.6) is 0 Å². The molecule has 2 N–H and O–H groups in total. The van der Waals surface area contributed by atoms with Crippen molar-refractivity contribution in [3.05, 3.63) is 0 Å². The van der Waals surface area contributed by atoms with Crippen molar-refractivity contribution >= 4 is 23.6 Å². The predicted octanol–water partition coefficient (Wildman–Crippen LogP) is 4.02. The van der Waals surface area contributed by atoms with Gasteiger partial charge in [0.05, 0.1) is 12.6 Å². The second-order valence-corrected chi connectivity index (χ2v) is 11.7. The van der Waals surface area contributed by atoms with E-state index in [0.717, 1.165) is 38.8 Å². The minimum absolute atomic E-state index is 0.0179. The Hall–Kier alpha value is -2.12. The Labute approximate surface area is 217 Å². The Morgan fingerprint density at radius 3 is 2.28 bits per heavy atom. The Morgan fingerprint density at radius 1 is 0.944 bits per heavy atom. The molecule has 3 atom stereocenters. The van der Waals surface area contributed by atoms with Gasteiger partial charge in [0.15, 0.2) is 5.78 Å². The number of likely N-dealkylation sites (tertiary alicyclic amines) is 2. The molecule has 0 aromatic rings. The molecule has 0 aromatic carbocycles. The summed E-state index contributed by atoms with van der Waals surface area (Å²) >= 11 is 0. The maximum absolute atomic E-state index is 13.2. The average Bonchev–Trinajstić information content (AvgIpc) is 3.01.